The number of hydrogen-bond donors (Lipinski definition) is 3. The zero-order chi connectivity index (χ0) is 24.0. The highest BCUT2D eigenvalue weighted by Crippen LogP contribution is 2.33. The van der Waals surface area contributed by atoms with Gasteiger partial charge >= 0.3 is 0 Å². The molecule has 2 aromatic carbocycles. The molecule has 1 amide bonds. The van der Waals surface area contributed by atoms with E-state index in [1.54, 1.807) is 0 Å². The lowest BCUT2D eigenvalue weighted by molar-refractivity contribution is -0.119. The van der Waals surface area contributed by atoms with E-state index in [2.05, 4.69) is 36.6 Å². The molecule has 0 fully saturated rings. The van der Waals surface area contributed by atoms with Crippen molar-refractivity contribution in [2.45, 2.75) is 64.6 Å². The molecule has 33 heavy (non-hydrogen) atoms. The number of carbonyl (C=O) groups is 1. The van der Waals surface area contributed by atoms with E-state index in [1.807, 2.05) is 6.07 Å². The van der Waals surface area contributed by atoms with E-state index < -0.39 is 23.7 Å². The van der Waals surface area contributed by atoms with E-state index >= 15 is 0 Å². The Kier molecular flexibility index (Phi) is 8.80. The fraction of sp³-hybridized carbons (Fsp3) is 0.500. The number of fused-ring (bicyclic) bond motifs is 1. The number of hydrogen-bond acceptors (Lipinski definition) is 4. The topological polar surface area (TPSA) is 76.4 Å². The summed E-state index contributed by atoms with van der Waals surface area (Å²) in [5, 5.41) is 6.36. The molecule has 0 bridgehead atoms. The van der Waals surface area contributed by atoms with Gasteiger partial charge < -0.3 is 21.1 Å². The lowest BCUT2D eigenvalue weighted by Crippen LogP contribution is -2.53. The summed E-state index contributed by atoms with van der Waals surface area (Å²) in [6.07, 6.45) is 3.20. The number of benzene rings is 2. The Morgan fingerprint density at radius 2 is 1.88 bits per heavy atom. The first-order valence-electron chi connectivity index (χ1n) is 11.7. The summed E-state index contributed by atoms with van der Waals surface area (Å²) in [4.78, 5) is 11.7. The minimum Gasteiger partial charge on any atom is -0.493 e. The fourth-order valence-corrected chi connectivity index (χ4v) is 4.24. The second-order valence-corrected chi connectivity index (χ2v) is 9.36. The van der Waals surface area contributed by atoms with Gasteiger partial charge in [0.05, 0.1) is 6.61 Å². The molecular weight excluding hydrogens is 424 g/mol. The summed E-state index contributed by atoms with van der Waals surface area (Å²) < 4.78 is 33.1. The second kappa shape index (κ2) is 11.6. The van der Waals surface area contributed by atoms with Gasteiger partial charge in [-0.3, -0.25) is 4.79 Å². The van der Waals surface area contributed by atoms with Crippen molar-refractivity contribution in [2.24, 2.45) is 11.7 Å². The van der Waals surface area contributed by atoms with Gasteiger partial charge in [-0.05, 0) is 54.5 Å². The van der Waals surface area contributed by atoms with Gasteiger partial charge in [0.25, 0.3) is 0 Å². The summed E-state index contributed by atoms with van der Waals surface area (Å²) in [7, 11) is 0. The molecule has 1 heterocycles. The van der Waals surface area contributed by atoms with Crippen LogP contribution in [0, 0.1) is 17.6 Å². The average molecular weight is 460 g/mol. The number of ether oxygens (including phenoxy) is 1. The predicted octanol–water partition coefficient (Wildman–Crippen LogP) is 4.04. The maximum atomic E-state index is 13.6. The number of nitrogens with two attached hydrogens (primary N) is 1. The number of nitrogens with one attached hydrogen (secondary N) is 2. The molecule has 0 aliphatic carbocycles. The maximum Gasteiger partial charge on any atom is 0.217 e. The number of rotatable bonds is 10. The van der Waals surface area contributed by atoms with Gasteiger partial charge in [-0.15, -0.1) is 0 Å². The molecule has 0 radical (unpaired) electrons. The van der Waals surface area contributed by atoms with Crippen molar-refractivity contribution < 1.29 is 18.3 Å². The third kappa shape index (κ3) is 7.51. The molecule has 180 valence electrons. The Morgan fingerprint density at radius 1 is 1.15 bits per heavy atom. The van der Waals surface area contributed by atoms with Crippen molar-refractivity contribution in [3.8, 4) is 5.75 Å². The Bertz CT molecular complexity index is 931. The Morgan fingerprint density at radius 3 is 2.55 bits per heavy atom. The zero-order valence-electron chi connectivity index (χ0n) is 19.7. The minimum atomic E-state index is -0.648. The van der Waals surface area contributed by atoms with Crippen LogP contribution in [0.3, 0.4) is 0 Å². The van der Waals surface area contributed by atoms with Crippen LogP contribution in [-0.4, -0.2) is 31.1 Å². The summed E-state index contributed by atoms with van der Waals surface area (Å²) in [5.41, 5.74) is 9.30. The fourth-order valence-electron chi connectivity index (χ4n) is 4.24. The summed E-state index contributed by atoms with van der Waals surface area (Å²) >= 11 is 0. The minimum absolute atomic E-state index is 0.0865. The van der Waals surface area contributed by atoms with Crippen molar-refractivity contribution in [1.29, 1.82) is 0 Å². The summed E-state index contributed by atoms with van der Waals surface area (Å²) in [6.45, 7) is 6.90. The van der Waals surface area contributed by atoms with E-state index in [0.717, 1.165) is 36.6 Å². The van der Waals surface area contributed by atoms with Gasteiger partial charge in [-0.2, -0.15) is 0 Å². The monoisotopic (exact) mass is 459 g/mol. The highest BCUT2D eigenvalue weighted by molar-refractivity contribution is 5.73. The molecule has 2 aromatic rings. The highest BCUT2D eigenvalue weighted by Gasteiger charge is 2.25. The van der Waals surface area contributed by atoms with Crippen molar-refractivity contribution in [3.63, 3.8) is 0 Å². The van der Waals surface area contributed by atoms with E-state index in [4.69, 9.17) is 10.5 Å². The molecule has 1 aliphatic rings. The highest BCUT2D eigenvalue weighted by atomic mass is 19.1. The molecule has 5 nitrogen and oxygen atoms in total. The first kappa shape index (κ1) is 25.1. The third-order valence-electron chi connectivity index (χ3n) is 6.01. The van der Waals surface area contributed by atoms with E-state index in [1.165, 1.54) is 24.6 Å². The molecule has 0 saturated heterocycles. The van der Waals surface area contributed by atoms with E-state index in [0.29, 0.717) is 24.6 Å². The van der Waals surface area contributed by atoms with Crippen molar-refractivity contribution >= 4 is 5.91 Å². The Labute approximate surface area is 195 Å². The van der Waals surface area contributed by atoms with Crippen molar-refractivity contribution in [2.75, 3.05) is 13.2 Å². The normalized spacial score (nSPS) is 17.2. The largest absolute Gasteiger partial charge is 0.493 e. The SMILES string of the molecule is CC(=O)N[C@@H](Cc1cc(F)cc(F)c1)[C@H](N)CNC1CCOc2ccc(CCC(C)C)cc21. The van der Waals surface area contributed by atoms with Crippen molar-refractivity contribution in [1.82, 2.24) is 10.6 Å². The average Bonchev–Trinajstić information content (AvgIpc) is 2.74. The molecule has 4 N–H and O–H groups in total. The van der Waals surface area contributed by atoms with Gasteiger partial charge in [-0.1, -0.05) is 26.0 Å². The van der Waals surface area contributed by atoms with Crippen LogP contribution in [0.15, 0.2) is 36.4 Å². The lowest BCUT2D eigenvalue weighted by atomic mass is 9.94. The van der Waals surface area contributed by atoms with Gasteiger partial charge in [0.1, 0.15) is 17.4 Å². The summed E-state index contributed by atoms with van der Waals surface area (Å²) in [6, 6.07) is 8.91. The molecular formula is C26H35F2N3O2. The van der Waals surface area contributed by atoms with Gasteiger partial charge in [-0.25, -0.2) is 8.78 Å². The zero-order valence-corrected chi connectivity index (χ0v) is 19.7. The standard InChI is InChI=1S/C26H35F2N3O2/c1-16(2)4-5-18-6-7-26-22(12-18)24(8-9-33-26)30-15-23(29)25(31-17(3)32)13-19-10-20(27)14-21(28)11-19/h6-7,10-12,14,16,23-25,30H,4-5,8-9,13,15,29H2,1-3H3,(H,31,32)/t23-,24?,25+/m1/s1. The molecule has 3 atom stereocenters. The first-order chi connectivity index (χ1) is 15.7. The number of halogens is 2. The smallest absolute Gasteiger partial charge is 0.217 e. The second-order valence-electron chi connectivity index (χ2n) is 9.36. The Balaban J connectivity index is 1.68. The van der Waals surface area contributed by atoms with Crippen LogP contribution in [0.4, 0.5) is 8.78 Å². The van der Waals surface area contributed by atoms with E-state index in [-0.39, 0.29) is 18.4 Å². The van der Waals surface area contributed by atoms with Crippen LogP contribution >= 0.6 is 0 Å². The molecule has 0 saturated carbocycles. The quantitative estimate of drug-likeness (QED) is 0.501. The number of aryl methyl sites for hydroxylation is 1. The van der Waals surface area contributed by atoms with Crippen molar-refractivity contribution in [3.05, 3.63) is 64.7 Å². The predicted molar refractivity (Wildman–Crippen MR) is 126 cm³/mol. The van der Waals surface area contributed by atoms with Crippen LogP contribution in [0.1, 0.15) is 56.3 Å². The maximum absolute atomic E-state index is 13.6. The van der Waals surface area contributed by atoms with Gasteiger partial charge in [0, 0.05) is 49.6 Å². The van der Waals surface area contributed by atoms with Gasteiger partial charge in [0.15, 0.2) is 0 Å². The molecule has 3 rings (SSSR count). The van der Waals surface area contributed by atoms with Crippen LogP contribution in [0.5, 0.6) is 5.75 Å². The van der Waals surface area contributed by atoms with Crippen LogP contribution in [0.2, 0.25) is 0 Å². The van der Waals surface area contributed by atoms with Crippen LogP contribution in [0.25, 0.3) is 0 Å². The van der Waals surface area contributed by atoms with Crippen LogP contribution in [-0.2, 0) is 17.6 Å². The molecule has 0 aromatic heterocycles. The molecule has 1 aliphatic heterocycles. The van der Waals surface area contributed by atoms with E-state index in [9.17, 15) is 13.6 Å². The van der Waals surface area contributed by atoms with Gasteiger partial charge in [0.2, 0.25) is 5.91 Å². The number of amides is 1. The lowest BCUT2D eigenvalue weighted by Gasteiger charge is -2.31. The molecule has 7 heteroatoms. The first-order valence-corrected chi connectivity index (χ1v) is 11.7. The molecule has 1 unspecified atom stereocenters. The molecule has 0 spiro atoms. The third-order valence-corrected chi connectivity index (χ3v) is 6.01. The summed E-state index contributed by atoms with van der Waals surface area (Å²) in [5.74, 6) is -0.00927. The number of carbonyl (C=O) groups excluding carboxylic acids is 1. The Hall–Kier alpha value is -2.51. The van der Waals surface area contributed by atoms with Crippen LogP contribution < -0.4 is 21.1 Å².